The minimum absolute atomic E-state index is 0.0608. The number of benzene rings is 2. The molecule has 1 unspecified atom stereocenters. The Bertz CT molecular complexity index is 662. The van der Waals surface area contributed by atoms with Gasteiger partial charge in [0, 0.05) is 25.1 Å². The fourth-order valence-corrected chi connectivity index (χ4v) is 2.34. The summed E-state index contributed by atoms with van der Waals surface area (Å²) in [5.74, 6) is -0.750. The third kappa shape index (κ3) is 5.33. The number of anilines is 2. The van der Waals surface area contributed by atoms with Gasteiger partial charge in [0.25, 0.3) is 0 Å². The Hall–Kier alpha value is -2.44. The van der Waals surface area contributed by atoms with E-state index >= 15 is 0 Å². The highest BCUT2D eigenvalue weighted by Crippen LogP contribution is 2.25. The SMILES string of the molecule is COCCC(Nc1cccc(NC(=O)CO)c1)c1ccc(F)cc1. The Balaban J connectivity index is 2.15. The lowest BCUT2D eigenvalue weighted by atomic mass is 10.0. The van der Waals surface area contributed by atoms with Crippen LogP contribution in [0.2, 0.25) is 0 Å². The summed E-state index contributed by atoms with van der Waals surface area (Å²) in [5.41, 5.74) is 2.33. The van der Waals surface area contributed by atoms with Crippen LogP contribution < -0.4 is 10.6 Å². The van der Waals surface area contributed by atoms with E-state index in [0.717, 1.165) is 11.3 Å². The Kier molecular flexibility index (Phi) is 6.72. The molecule has 0 aliphatic rings. The summed E-state index contributed by atoms with van der Waals surface area (Å²) in [6.07, 6.45) is 0.704. The number of ether oxygens (including phenoxy) is 1. The summed E-state index contributed by atoms with van der Waals surface area (Å²) in [7, 11) is 1.63. The van der Waals surface area contributed by atoms with Gasteiger partial charge in [0.05, 0.1) is 6.04 Å². The number of hydrogen-bond donors (Lipinski definition) is 3. The van der Waals surface area contributed by atoms with E-state index in [1.54, 1.807) is 37.4 Å². The van der Waals surface area contributed by atoms with Crippen LogP contribution in [0.4, 0.5) is 15.8 Å². The first-order valence-electron chi connectivity index (χ1n) is 7.64. The average Bonchev–Trinajstić information content (AvgIpc) is 2.59. The third-order valence-corrected chi connectivity index (χ3v) is 3.51. The van der Waals surface area contributed by atoms with Gasteiger partial charge in [0.1, 0.15) is 12.4 Å². The highest BCUT2D eigenvalue weighted by atomic mass is 19.1. The van der Waals surface area contributed by atoms with Crippen LogP contribution in [0.3, 0.4) is 0 Å². The topological polar surface area (TPSA) is 70.6 Å². The van der Waals surface area contributed by atoms with Gasteiger partial charge in [-0.05, 0) is 42.3 Å². The number of hydrogen-bond acceptors (Lipinski definition) is 4. The van der Waals surface area contributed by atoms with Gasteiger partial charge in [-0.3, -0.25) is 4.79 Å². The van der Waals surface area contributed by atoms with Crippen LogP contribution in [0, 0.1) is 5.82 Å². The number of amides is 1. The van der Waals surface area contributed by atoms with E-state index in [4.69, 9.17) is 9.84 Å². The van der Waals surface area contributed by atoms with Gasteiger partial charge in [-0.15, -0.1) is 0 Å². The Morgan fingerprint density at radius 2 is 1.92 bits per heavy atom. The highest BCUT2D eigenvalue weighted by Gasteiger charge is 2.12. The normalized spacial score (nSPS) is 11.8. The lowest BCUT2D eigenvalue weighted by molar-refractivity contribution is -0.118. The van der Waals surface area contributed by atoms with Crippen LogP contribution in [0.15, 0.2) is 48.5 Å². The predicted molar refractivity (Wildman–Crippen MR) is 91.4 cm³/mol. The summed E-state index contributed by atoms with van der Waals surface area (Å²) >= 11 is 0. The molecule has 5 nitrogen and oxygen atoms in total. The standard InChI is InChI=1S/C18H21FN2O3/c1-24-10-9-17(13-5-7-14(19)8-6-13)20-15-3-2-4-16(11-15)21-18(23)12-22/h2-8,11,17,20,22H,9-10,12H2,1H3,(H,21,23). The lowest BCUT2D eigenvalue weighted by Crippen LogP contribution is -2.16. The Morgan fingerprint density at radius 1 is 1.21 bits per heavy atom. The zero-order valence-corrected chi connectivity index (χ0v) is 13.5. The molecule has 0 radical (unpaired) electrons. The first-order chi connectivity index (χ1) is 11.6. The largest absolute Gasteiger partial charge is 0.387 e. The van der Waals surface area contributed by atoms with Crippen LogP contribution in [-0.4, -0.2) is 31.3 Å². The molecule has 2 rings (SSSR count). The van der Waals surface area contributed by atoms with Crippen LogP contribution >= 0.6 is 0 Å². The fourth-order valence-electron chi connectivity index (χ4n) is 2.34. The van der Waals surface area contributed by atoms with Crippen molar-refractivity contribution in [3.63, 3.8) is 0 Å². The van der Waals surface area contributed by atoms with E-state index in [9.17, 15) is 9.18 Å². The molecule has 0 aromatic heterocycles. The first kappa shape index (κ1) is 17.9. The quantitative estimate of drug-likeness (QED) is 0.695. The van der Waals surface area contributed by atoms with Crippen molar-refractivity contribution in [2.45, 2.75) is 12.5 Å². The fraction of sp³-hybridized carbons (Fsp3) is 0.278. The number of carbonyl (C=O) groups excluding carboxylic acids is 1. The molecule has 6 heteroatoms. The summed E-state index contributed by atoms with van der Waals surface area (Å²) < 4.78 is 18.3. The van der Waals surface area contributed by atoms with Gasteiger partial charge >= 0.3 is 0 Å². The van der Waals surface area contributed by atoms with E-state index in [0.29, 0.717) is 18.7 Å². The second-order valence-electron chi connectivity index (χ2n) is 5.32. The second kappa shape index (κ2) is 9.00. The molecule has 0 saturated heterocycles. The molecule has 0 aliphatic carbocycles. The first-order valence-corrected chi connectivity index (χ1v) is 7.64. The molecule has 0 heterocycles. The van der Waals surface area contributed by atoms with Gasteiger partial charge < -0.3 is 20.5 Å². The van der Waals surface area contributed by atoms with Crippen molar-refractivity contribution in [3.05, 3.63) is 59.9 Å². The maximum Gasteiger partial charge on any atom is 0.250 e. The van der Waals surface area contributed by atoms with Crippen LogP contribution in [0.25, 0.3) is 0 Å². The van der Waals surface area contributed by atoms with Crippen LogP contribution in [0.1, 0.15) is 18.0 Å². The maximum absolute atomic E-state index is 13.1. The van der Waals surface area contributed by atoms with Crippen molar-refractivity contribution in [3.8, 4) is 0 Å². The van der Waals surface area contributed by atoms with Gasteiger partial charge in [0.15, 0.2) is 0 Å². The van der Waals surface area contributed by atoms with Crippen molar-refractivity contribution in [1.29, 1.82) is 0 Å². The van der Waals surface area contributed by atoms with Crippen molar-refractivity contribution in [1.82, 2.24) is 0 Å². The number of rotatable bonds is 8. The van der Waals surface area contributed by atoms with Crippen LogP contribution in [0.5, 0.6) is 0 Å². The van der Waals surface area contributed by atoms with Gasteiger partial charge in [-0.1, -0.05) is 18.2 Å². The third-order valence-electron chi connectivity index (χ3n) is 3.51. The highest BCUT2D eigenvalue weighted by molar-refractivity contribution is 5.91. The second-order valence-corrected chi connectivity index (χ2v) is 5.32. The summed E-state index contributed by atoms with van der Waals surface area (Å²) in [5, 5.41) is 14.8. The van der Waals surface area contributed by atoms with Crippen molar-refractivity contribution in [2.75, 3.05) is 31.0 Å². The Morgan fingerprint density at radius 3 is 2.58 bits per heavy atom. The molecular formula is C18H21FN2O3. The number of carbonyl (C=O) groups is 1. The van der Waals surface area contributed by atoms with Crippen molar-refractivity contribution >= 4 is 17.3 Å². The molecule has 1 amide bonds. The molecule has 128 valence electrons. The summed E-state index contributed by atoms with van der Waals surface area (Å²) in [4.78, 5) is 11.3. The smallest absolute Gasteiger partial charge is 0.250 e. The molecule has 0 saturated carbocycles. The zero-order valence-electron chi connectivity index (χ0n) is 13.5. The predicted octanol–water partition coefficient (Wildman–Crippen LogP) is 2.95. The molecule has 2 aromatic carbocycles. The lowest BCUT2D eigenvalue weighted by Gasteiger charge is -2.21. The van der Waals surface area contributed by atoms with E-state index in [-0.39, 0.29) is 11.9 Å². The number of methoxy groups -OCH3 is 1. The van der Waals surface area contributed by atoms with Gasteiger partial charge in [-0.2, -0.15) is 0 Å². The zero-order chi connectivity index (χ0) is 17.4. The van der Waals surface area contributed by atoms with E-state index in [2.05, 4.69) is 10.6 Å². The maximum atomic E-state index is 13.1. The van der Waals surface area contributed by atoms with Gasteiger partial charge in [0.2, 0.25) is 5.91 Å². The van der Waals surface area contributed by atoms with Gasteiger partial charge in [-0.25, -0.2) is 4.39 Å². The molecule has 0 fully saturated rings. The minimum atomic E-state index is -0.566. The molecule has 0 aliphatic heterocycles. The Labute approximate surface area is 140 Å². The summed E-state index contributed by atoms with van der Waals surface area (Å²) in [6, 6.07) is 13.4. The molecule has 2 aromatic rings. The number of aliphatic hydroxyl groups excluding tert-OH is 1. The van der Waals surface area contributed by atoms with E-state index in [1.807, 2.05) is 6.07 Å². The number of nitrogens with one attached hydrogen (secondary N) is 2. The molecule has 1 atom stereocenters. The average molecular weight is 332 g/mol. The summed E-state index contributed by atoms with van der Waals surface area (Å²) in [6.45, 7) is -0.0142. The van der Waals surface area contributed by atoms with E-state index in [1.165, 1.54) is 12.1 Å². The van der Waals surface area contributed by atoms with Crippen LogP contribution in [-0.2, 0) is 9.53 Å². The number of halogens is 1. The van der Waals surface area contributed by atoms with Crippen molar-refractivity contribution < 1.29 is 19.0 Å². The molecule has 0 spiro atoms. The number of aliphatic hydroxyl groups is 1. The molecular weight excluding hydrogens is 311 g/mol. The molecule has 24 heavy (non-hydrogen) atoms. The minimum Gasteiger partial charge on any atom is -0.387 e. The molecule has 0 bridgehead atoms. The van der Waals surface area contributed by atoms with Crippen molar-refractivity contribution in [2.24, 2.45) is 0 Å². The molecule has 3 N–H and O–H groups in total. The van der Waals surface area contributed by atoms with E-state index < -0.39 is 12.5 Å². The monoisotopic (exact) mass is 332 g/mol.